The molecule has 0 atom stereocenters. The molecule has 0 amide bonds. The highest BCUT2D eigenvalue weighted by atomic mass is 19.2. The molecule has 1 aliphatic rings. The number of hydrogen-bond acceptors (Lipinski definition) is 4. The van der Waals surface area contributed by atoms with E-state index < -0.39 is 93.4 Å². The largest absolute Gasteiger partial charge is 0.450 e. The van der Waals surface area contributed by atoms with E-state index >= 15 is 0 Å². The highest BCUT2D eigenvalue weighted by Gasteiger charge is 2.33. The maximum Gasteiger partial charge on any atom is 0.345 e. The first-order valence-corrected chi connectivity index (χ1v) is 8.68. The first-order chi connectivity index (χ1) is 15.9. The van der Waals surface area contributed by atoms with E-state index in [2.05, 4.69) is 9.47 Å². The maximum atomic E-state index is 13.7. The van der Waals surface area contributed by atoms with E-state index in [1.165, 1.54) is 0 Å². The van der Waals surface area contributed by atoms with Crippen molar-refractivity contribution in [1.82, 2.24) is 0 Å². The van der Waals surface area contributed by atoms with Crippen molar-refractivity contribution >= 4 is 11.9 Å². The van der Waals surface area contributed by atoms with Crippen molar-refractivity contribution < 1.29 is 63.0 Å². The van der Waals surface area contributed by atoms with Gasteiger partial charge in [0, 0.05) is 0 Å². The van der Waals surface area contributed by atoms with Gasteiger partial charge in [-0.1, -0.05) is 0 Å². The molecule has 0 bridgehead atoms. The summed E-state index contributed by atoms with van der Waals surface area (Å²) in [7, 11) is 0. The molecule has 0 saturated heterocycles. The third-order valence-electron chi connectivity index (χ3n) is 4.30. The molecule has 2 aromatic carbocycles. The average molecular weight is 500 g/mol. The molecule has 4 nitrogen and oxygen atoms in total. The minimum absolute atomic E-state index is 0.862. The molecule has 14 heteroatoms. The molecule has 3 rings (SSSR count). The second-order valence-corrected chi connectivity index (χ2v) is 6.40. The minimum Gasteiger partial charge on any atom is -0.450 e. The van der Waals surface area contributed by atoms with Gasteiger partial charge in [0.05, 0.1) is 0 Å². The minimum atomic E-state index is -2.50. The van der Waals surface area contributed by atoms with Crippen LogP contribution in [0.15, 0.2) is 24.3 Å². The molecule has 0 radical (unpaired) electrons. The fraction of sp³-hybridized carbons (Fsp3) is 0.100. The van der Waals surface area contributed by atoms with Crippen LogP contribution in [0.5, 0.6) is 0 Å². The summed E-state index contributed by atoms with van der Waals surface area (Å²) < 4.78 is 143. The zero-order valence-electron chi connectivity index (χ0n) is 15.9. The Morgan fingerprint density at radius 1 is 0.441 bits per heavy atom. The Morgan fingerprint density at radius 2 is 0.647 bits per heavy atom. The van der Waals surface area contributed by atoms with Gasteiger partial charge in [0.25, 0.3) is 0 Å². The van der Waals surface area contributed by atoms with Gasteiger partial charge in [-0.15, -0.1) is 0 Å². The van der Waals surface area contributed by atoms with E-state index in [9.17, 15) is 53.5 Å². The molecule has 0 unspecified atom stereocenters. The van der Waals surface area contributed by atoms with Gasteiger partial charge < -0.3 is 9.47 Å². The quantitative estimate of drug-likeness (QED) is 0.196. The summed E-state index contributed by atoms with van der Waals surface area (Å²) in [5, 5.41) is 0. The van der Waals surface area contributed by atoms with Crippen molar-refractivity contribution in [3.63, 3.8) is 0 Å². The molecule has 180 valence electrons. The first kappa shape index (κ1) is 24.8. The van der Waals surface area contributed by atoms with E-state index in [4.69, 9.17) is 0 Å². The molecular formula is C20H6F10O4. The predicted octanol–water partition coefficient (Wildman–Crippen LogP) is 4.95. The fourth-order valence-electron chi connectivity index (χ4n) is 2.66. The van der Waals surface area contributed by atoms with Crippen molar-refractivity contribution in [3.8, 4) is 0 Å². The Hall–Kier alpha value is -3.84. The lowest BCUT2D eigenvalue weighted by Crippen LogP contribution is -2.24. The van der Waals surface area contributed by atoms with Crippen LogP contribution in [-0.4, -0.2) is 24.1 Å². The number of esters is 2. The summed E-state index contributed by atoms with van der Waals surface area (Å²) in [6, 6.07) is 0. The monoisotopic (exact) mass is 500 g/mol. The van der Waals surface area contributed by atoms with Gasteiger partial charge in [-0.05, 0) is 24.3 Å². The molecule has 0 aromatic heterocycles. The van der Waals surface area contributed by atoms with Gasteiger partial charge in [-0.3, -0.25) is 0 Å². The van der Waals surface area contributed by atoms with Crippen molar-refractivity contribution in [3.05, 3.63) is 93.6 Å². The summed E-state index contributed by atoms with van der Waals surface area (Å²) in [5.74, 6) is -28.2. The number of hydrogen-bond donors (Lipinski definition) is 0. The van der Waals surface area contributed by atoms with Crippen LogP contribution in [-0.2, 0) is 9.47 Å². The molecule has 0 fully saturated rings. The molecule has 2 aromatic rings. The molecule has 0 heterocycles. The van der Waals surface area contributed by atoms with Crippen LogP contribution in [0.2, 0.25) is 0 Å². The Kier molecular flexibility index (Phi) is 6.70. The van der Waals surface area contributed by atoms with E-state index in [1.807, 2.05) is 0 Å². The van der Waals surface area contributed by atoms with Crippen molar-refractivity contribution in [2.45, 2.75) is 12.2 Å². The van der Waals surface area contributed by atoms with E-state index in [0.29, 0.717) is 0 Å². The summed E-state index contributed by atoms with van der Waals surface area (Å²) in [4.78, 5) is 23.8. The van der Waals surface area contributed by atoms with Gasteiger partial charge in [0.1, 0.15) is 23.3 Å². The highest BCUT2D eigenvalue weighted by molar-refractivity contribution is 5.91. The number of carbonyl (C=O) groups excluding carboxylic acids is 2. The van der Waals surface area contributed by atoms with Crippen molar-refractivity contribution in [1.29, 1.82) is 0 Å². The fourth-order valence-corrected chi connectivity index (χ4v) is 2.66. The van der Waals surface area contributed by atoms with E-state index in [1.54, 1.807) is 0 Å². The van der Waals surface area contributed by atoms with Crippen LogP contribution < -0.4 is 0 Å². The maximum absolute atomic E-state index is 13.7. The number of rotatable bonds is 4. The van der Waals surface area contributed by atoms with Crippen LogP contribution in [0.1, 0.15) is 20.7 Å². The van der Waals surface area contributed by atoms with Crippen molar-refractivity contribution in [2.24, 2.45) is 0 Å². The van der Waals surface area contributed by atoms with Gasteiger partial charge in [-0.2, -0.15) is 0 Å². The Bertz CT molecular complexity index is 1100. The van der Waals surface area contributed by atoms with Crippen LogP contribution in [0, 0.1) is 58.2 Å². The van der Waals surface area contributed by atoms with Crippen LogP contribution >= 0.6 is 0 Å². The predicted molar refractivity (Wildman–Crippen MR) is 89.2 cm³/mol. The molecule has 34 heavy (non-hydrogen) atoms. The molecule has 1 aliphatic carbocycles. The SMILES string of the molecule is O=C(OC1C=CC(OC(=O)c2c(F)c(F)c(F)c(F)c2F)C=C1)c1c(F)c(F)c(F)c(F)c1F. The van der Waals surface area contributed by atoms with Gasteiger partial charge in [0.15, 0.2) is 46.5 Å². The lowest BCUT2D eigenvalue weighted by molar-refractivity contribution is 0.0392. The Labute approximate surface area is 181 Å². The van der Waals surface area contributed by atoms with Crippen LogP contribution in [0.25, 0.3) is 0 Å². The number of ether oxygens (including phenoxy) is 2. The highest BCUT2D eigenvalue weighted by Crippen LogP contribution is 2.26. The Morgan fingerprint density at radius 3 is 0.882 bits per heavy atom. The second-order valence-electron chi connectivity index (χ2n) is 6.40. The molecular weight excluding hydrogens is 494 g/mol. The smallest absolute Gasteiger partial charge is 0.345 e. The standard InChI is InChI=1S/C20H6F10O4/c21-9-7(10(22)14(26)17(29)13(9)25)19(31)33-5-1-2-6(4-3-5)34-20(32)8-11(23)15(27)18(30)16(28)12(8)24/h1-6H. The molecule has 0 N–H and O–H groups in total. The summed E-state index contributed by atoms with van der Waals surface area (Å²) >= 11 is 0. The topological polar surface area (TPSA) is 52.6 Å². The van der Waals surface area contributed by atoms with Gasteiger partial charge in [-0.25, -0.2) is 53.5 Å². The summed E-state index contributed by atoms with van der Waals surface area (Å²) in [5.41, 5.74) is -3.75. The normalized spacial score (nSPS) is 17.1. The number of halogens is 10. The molecule has 0 aliphatic heterocycles. The van der Waals surface area contributed by atoms with Gasteiger partial charge >= 0.3 is 11.9 Å². The molecule has 0 spiro atoms. The third kappa shape index (κ3) is 4.22. The lowest BCUT2D eigenvalue weighted by atomic mass is 10.1. The molecule has 0 saturated carbocycles. The summed E-state index contributed by atoms with van der Waals surface area (Å²) in [6.07, 6.45) is 0.458. The van der Waals surface area contributed by atoms with Crippen molar-refractivity contribution in [2.75, 3.05) is 0 Å². The Balaban J connectivity index is 1.73. The number of carbonyl (C=O) groups is 2. The van der Waals surface area contributed by atoms with Crippen LogP contribution in [0.3, 0.4) is 0 Å². The second kappa shape index (κ2) is 9.19. The van der Waals surface area contributed by atoms with Gasteiger partial charge in [0.2, 0.25) is 11.6 Å². The summed E-state index contributed by atoms with van der Waals surface area (Å²) in [6.45, 7) is 0. The lowest BCUT2D eigenvalue weighted by Gasteiger charge is -2.18. The zero-order valence-corrected chi connectivity index (χ0v) is 15.9. The van der Waals surface area contributed by atoms with E-state index in [0.717, 1.165) is 24.3 Å². The first-order valence-electron chi connectivity index (χ1n) is 8.68. The number of benzene rings is 2. The zero-order chi connectivity index (χ0) is 25.5. The van der Waals surface area contributed by atoms with Crippen LogP contribution in [0.4, 0.5) is 43.9 Å². The third-order valence-corrected chi connectivity index (χ3v) is 4.30. The average Bonchev–Trinajstić information content (AvgIpc) is 2.80. The van der Waals surface area contributed by atoms with E-state index in [-0.39, 0.29) is 0 Å².